The molecule has 4 nitrogen and oxygen atoms in total. The van der Waals surface area contributed by atoms with Crippen LogP contribution in [-0.4, -0.2) is 35.4 Å². The molecule has 4 heteroatoms. The Morgan fingerprint density at radius 1 is 1.50 bits per heavy atom. The van der Waals surface area contributed by atoms with E-state index in [0.29, 0.717) is 6.42 Å². The summed E-state index contributed by atoms with van der Waals surface area (Å²) in [6.07, 6.45) is 0.920. The summed E-state index contributed by atoms with van der Waals surface area (Å²) < 4.78 is 5.36. The summed E-state index contributed by atoms with van der Waals surface area (Å²) in [5.74, 6) is -0.844. The van der Waals surface area contributed by atoms with Crippen molar-refractivity contribution in [3.63, 3.8) is 0 Å². The molecule has 2 N–H and O–H groups in total. The molecule has 0 amide bonds. The van der Waals surface area contributed by atoms with E-state index in [1.165, 1.54) is 0 Å². The molecule has 82 valence electrons. The monoisotopic (exact) mass is 201 g/mol. The van der Waals surface area contributed by atoms with Gasteiger partial charge in [-0.3, -0.25) is 0 Å². The molecule has 2 atom stereocenters. The Labute approximate surface area is 84.6 Å². The second-order valence-corrected chi connectivity index (χ2v) is 4.79. The Bertz CT molecular complexity index is 210. The van der Waals surface area contributed by atoms with Crippen LogP contribution in [-0.2, 0) is 9.53 Å². The molecule has 1 aliphatic rings. The van der Waals surface area contributed by atoms with Gasteiger partial charge < -0.3 is 15.2 Å². The van der Waals surface area contributed by atoms with E-state index in [-0.39, 0.29) is 11.6 Å². The topological polar surface area (TPSA) is 58.6 Å². The van der Waals surface area contributed by atoms with Crippen molar-refractivity contribution in [3.8, 4) is 0 Å². The smallest absolute Gasteiger partial charge is 0.332 e. The number of rotatable bonds is 3. The maximum absolute atomic E-state index is 10.6. The lowest BCUT2D eigenvalue weighted by Gasteiger charge is -2.23. The molecular formula is C10H19NO3. The molecule has 0 aromatic heterocycles. The molecule has 1 fully saturated rings. The van der Waals surface area contributed by atoms with Crippen LogP contribution in [0.5, 0.6) is 0 Å². The van der Waals surface area contributed by atoms with Crippen molar-refractivity contribution in [2.24, 2.45) is 0 Å². The van der Waals surface area contributed by atoms with Crippen LogP contribution in [0, 0.1) is 0 Å². The summed E-state index contributed by atoms with van der Waals surface area (Å²) in [6, 6.07) is 0. The normalized spacial score (nSPS) is 27.9. The standard InChI is InChI=1S/C10H19NO3/c1-10(2,3)11-6-7-4-5-8(14-7)9(12)13/h7-8,11H,4-6H2,1-3H3,(H,12,13). The average molecular weight is 201 g/mol. The molecule has 0 radical (unpaired) electrons. The van der Waals surface area contributed by atoms with Crippen molar-refractivity contribution in [3.05, 3.63) is 0 Å². The number of hydrogen-bond donors (Lipinski definition) is 2. The number of ether oxygens (including phenoxy) is 1. The summed E-state index contributed by atoms with van der Waals surface area (Å²) in [7, 11) is 0. The highest BCUT2D eigenvalue weighted by Crippen LogP contribution is 2.19. The zero-order valence-electron chi connectivity index (χ0n) is 9.04. The first kappa shape index (κ1) is 11.5. The molecule has 14 heavy (non-hydrogen) atoms. The second kappa shape index (κ2) is 4.28. The third-order valence-electron chi connectivity index (χ3n) is 2.24. The van der Waals surface area contributed by atoms with Gasteiger partial charge in [-0.05, 0) is 33.6 Å². The van der Waals surface area contributed by atoms with Crippen LogP contribution in [0.3, 0.4) is 0 Å². The predicted octanol–water partition coefficient (Wildman–Crippen LogP) is 1.01. The van der Waals surface area contributed by atoms with Crippen LogP contribution in [0.15, 0.2) is 0 Å². The van der Waals surface area contributed by atoms with Gasteiger partial charge in [-0.2, -0.15) is 0 Å². The zero-order chi connectivity index (χ0) is 10.8. The van der Waals surface area contributed by atoms with Crippen molar-refractivity contribution in [1.29, 1.82) is 0 Å². The minimum atomic E-state index is -0.844. The van der Waals surface area contributed by atoms with E-state index in [1.54, 1.807) is 0 Å². The molecule has 0 spiro atoms. The van der Waals surface area contributed by atoms with Crippen molar-refractivity contribution >= 4 is 5.97 Å². The van der Waals surface area contributed by atoms with Gasteiger partial charge in [0.1, 0.15) is 0 Å². The lowest BCUT2D eigenvalue weighted by atomic mass is 10.1. The Morgan fingerprint density at radius 2 is 2.14 bits per heavy atom. The summed E-state index contributed by atoms with van der Waals surface area (Å²) in [4.78, 5) is 10.6. The first-order valence-electron chi connectivity index (χ1n) is 5.02. The van der Waals surface area contributed by atoms with E-state index in [2.05, 4.69) is 26.1 Å². The zero-order valence-corrected chi connectivity index (χ0v) is 9.04. The summed E-state index contributed by atoms with van der Waals surface area (Å²) >= 11 is 0. The van der Waals surface area contributed by atoms with E-state index in [4.69, 9.17) is 9.84 Å². The lowest BCUT2D eigenvalue weighted by molar-refractivity contribution is -0.149. The van der Waals surface area contributed by atoms with E-state index in [0.717, 1.165) is 13.0 Å². The quantitative estimate of drug-likeness (QED) is 0.715. The SMILES string of the molecule is CC(C)(C)NCC1CCC(C(=O)O)O1. The molecule has 0 aromatic carbocycles. The third kappa shape index (κ3) is 3.64. The fraction of sp³-hybridized carbons (Fsp3) is 0.900. The summed E-state index contributed by atoms with van der Waals surface area (Å²) in [5, 5.41) is 12.0. The Balaban J connectivity index is 2.26. The largest absolute Gasteiger partial charge is 0.479 e. The number of carboxylic acids is 1. The average Bonchev–Trinajstić information content (AvgIpc) is 2.47. The van der Waals surface area contributed by atoms with E-state index < -0.39 is 12.1 Å². The molecule has 0 aliphatic carbocycles. The minimum Gasteiger partial charge on any atom is -0.479 e. The van der Waals surface area contributed by atoms with Crippen molar-refractivity contribution in [1.82, 2.24) is 5.32 Å². The Kier molecular flexibility index (Phi) is 3.50. The highest BCUT2D eigenvalue weighted by molar-refractivity contribution is 5.72. The van der Waals surface area contributed by atoms with Gasteiger partial charge >= 0.3 is 5.97 Å². The molecule has 1 aliphatic heterocycles. The van der Waals surface area contributed by atoms with Gasteiger partial charge in [0.25, 0.3) is 0 Å². The van der Waals surface area contributed by atoms with Gasteiger partial charge in [0.2, 0.25) is 0 Å². The molecule has 1 rings (SSSR count). The van der Waals surface area contributed by atoms with Crippen LogP contribution < -0.4 is 5.32 Å². The fourth-order valence-electron chi connectivity index (χ4n) is 1.46. The third-order valence-corrected chi connectivity index (χ3v) is 2.24. The maximum Gasteiger partial charge on any atom is 0.332 e. The number of aliphatic carboxylic acids is 1. The van der Waals surface area contributed by atoms with Crippen molar-refractivity contribution < 1.29 is 14.6 Å². The van der Waals surface area contributed by atoms with Crippen LogP contribution in [0.2, 0.25) is 0 Å². The van der Waals surface area contributed by atoms with Crippen LogP contribution in [0.25, 0.3) is 0 Å². The van der Waals surface area contributed by atoms with Gasteiger partial charge in [0.15, 0.2) is 6.10 Å². The van der Waals surface area contributed by atoms with Crippen LogP contribution in [0.4, 0.5) is 0 Å². The highest BCUT2D eigenvalue weighted by atomic mass is 16.5. The number of hydrogen-bond acceptors (Lipinski definition) is 3. The number of nitrogens with one attached hydrogen (secondary N) is 1. The van der Waals surface area contributed by atoms with Gasteiger partial charge in [0.05, 0.1) is 6.10 Å². The molecule has 2 unspecified atom stereocenters. The molecular weight excluding hydrogens is 182 g/mol. The molecule has 0 aromatic rings. The maximum atomic E-state index is 10.6. The first-order valence-corrected chi connectivity index (χ1v) is 5.02. The van der Waals surface area contributed by atoms with Crippen LogP contribution >= 0.6 is 0 Å². The number of carboxylic acid groups (broad SMARTS) is 1. The molecule has 1 heterocycles. The second-order valence-electron chi connectivity index (χ2n) is 4.79. The Morgan fingerprint density at radius 3 is 2.57 bits per heavy atom. The van der Waals surface area contributed by atoms with Gasteiger partial charge in [-0.15, -0.1) is 0 Å². The van der Waals surface area contributed by atoms with E-state index in [1.807, 2.05) is 0 Å². The first-order chi connectivity index (χ1) is 6.38. The highest BCUT2D eigenvalue weighted by Gasteiger charge is 2.30. The molecule has 0 saturated carbocycles. The predicted molar refractivity (Wildman–Crippen MR) is 53.3 cm³/mol. The lowest BCUT2D eigenvalue weighted by Crippen LogP contribution is -2.41. The van der Waals surface area contributed by atoms with Gasteiger partial charge in [-0.25, -0.2) is 4.79 Å². The molecule has 0 bridgehead atoms. The molecule has 1 saturated heterocycles. The fourth-order valence-corrected chi connectivity index (χ4v) is 1.46. The van der Waals surface area contributed by atoms with E-state index in [9.17, 15) is 4.79 Å². The number of carbonyl (C=O) groups is 1. The van der Waals surface area contributed by atoms with Crippen LogP contribution in [0.1, 0.15) is 33.6 Å². The van der Waals surface area contributed by atoms with Gasteiger partial charge in [-0.1, -0.05) is 0 Å². The summed E-state index contributed by atoms with van der Waals surface area (Å²) in [5.41, 5.74) is 0.0602. The summed E-state index contributed by atoms with van der Waals surface area (Å²) in [6.45, 7) is 6.97. The van der Waals surface area contributed by atoms with Crippen molar-refractivity contribution in [2.75, 3.05) is 6.54 Å². The Hall–Kier alpha value is -0.610. The van der Waals surface area contributed by atoms with Crippen molar-refractivity contribution in [2.45, 2.75) is 51.4 Å². The van der Waals surface area contributed by atoms with E-state index >= 15 is 0 Å². The minimum absolute atomic E-state index is 0.0512. The van der Waals surface area contributed by atoms with Gasteiger partial charge in [0, 0.05) is 12.1 Å².